The van der Waals surface area contributed by atoms with E-state index in [1.54, 1.807) is 12.1 Å². The van der Waals surface area contributed by atoms with Crippen molar-refractivity contribution in [3.8, 4) is 11.5 Å². The summed E-state index contributed by atoms with van der Waals surface area (Å²) in [5.74, 6) is -0.0993. The van der Waals surface area contributed by atoms with Gasteiger partial charge in [-0.05, 0) is 12.1 Å². The first-order valence-corrected chi connectivity index (χ1v) is 5.51. The SMILES string of the molecule is COc1cc(Br)c(C(OC)C(=O)O)cc1OC. The number of hydrogen-bond acceptors (Lipinski definition) is 4. The molecule has 0 saturated carbocycles. The number of carboxylic acid groups (broad SMARTS) is 1. The smallest absolute Gasteiger partial charge is 0.337 e. The van der Waals surface area contributed by atoms with E-state index < -0.39 is 12.1 Å². The predicted octanol–water partition coefficient (Wildman–Crippen LogP) is 2.24. The van der Waals surface area contributed by atoms with E-state index in [1.165, 1.54) is 21.3 Å². The highest BCUT2D eigenvalue weighted by molar-refractivity contribution is 9.10. The van der Waals surface area contributed by atoms with Crippen molar-refractivity contribution in [3.05, 3.63) is 22.2 Å². The molecule has 5 nitrogen and oxygen atoms in total. The van der Waals surface area contributed by atoms with Gasteiger partial charge in [0.1, 0.15) is 0 Å². The van der Waals surface area contributed by atoms with Crippen molar-refractivity contribution >= 4 is 21.9 Å². The standard InChI is InChI=1S/C11H13BrO5/c1-15-8-4-6(10(17-3)11(13)14)7(12)5-9(8)16-2/h4-5,10H,1-3H3,(H,13,14). The fraction of sp³-hybridized carbons (Fsp3) is 0.364. The fourth-order valence-corrected chi connectivity index (χ4v) is 1.96. The van der Waals surface area contributed by atoms with Crippen molar-refractivity contribution in [2.45, 2.75) is 6.10 Å². The van der Waals surface area contributed by atoms with Gasteiger partial charge in [0.15, 0.2) is 17.6 Å². The number of halogens is 1. The average molecular weight is 305 g/mol. The molecule has 0 bridgehead atoms. The van der Waals surface area contributed by atoms with Crippen molar-refractivity contribution < 1.29 is 24.1 Å². The Kier molecular flexibility index (Phi) is 4.77. The van der Waals surface area contributed by atoms with Gasteiger partial charge in [-0.15, -0.1) is 0 Å². The van der Waals surface area contributed by atoms with E-state index in [2.05, 4.69) is 15.9 Å². The fourth-order valence-electron chi connectivity index (χ4n) is 1.43. The highest BCUT2D eigenvalue weighted by Crippen LogP contribution is 2.36. The van der Waals surface area contributed by atoms with Crippen LogP contribution < -0.4 is 9.47 Å². The second kappa shape index (κ2) is 5.88. The molecular weight excluding hydrogens is 292 g/mol. The molecule has 17 heavy (non-hydrogen) atoms. The van der Waals surface area contributed by atoms with Gasteiger partial charge in [-0.3, -0.25) is 0 Å². The molecule has 0 radical (unpaired) electrons. The third-order valence-corrected chi connectivity index (χ3v) is 2.93. The molecule has 1 aromatic rings. The highest BCUT2D eigenvalue weighted by atomic mass is 79.9. The van der Waals surface area contributed by atoms with Gasteiger partial charge in [-0.2, -0.15) is 0 Å². The molecular formula is C11H13BrO5. The first-order chi connectivity index (χ1) is 8.04. The van der Waals surface area contributed by atoms with E-state index in [1.807, 2.05) is 0 Å². The Balaban J connectivity index is 3.29. The topological polar surface area (TPSA) is 65.0 Å². The highest BCUT2D eigenvalue weighted by Gasteiger charge is 2.23. The van der Waals surface area contributed by atoms with Crippen molar-refractivity contribution in [1.82, 2.24) is 0 Å². The molecule has 0 spiro atoms. The summed E-state index contributed by atoms with van der Waals surface area (Å²) < 4.78 is 15.7. The predicted molar refractivity (Wildman–Crippen MR) is 64.6 cm³/mol. The Morgan fingerprint density at radius 3 is 2.18 bits per heavy atom. The average Bonchev–Trinajstić information content (AvgIpc) is 2.31. The number of methoxy groups -OCH3 is 3. The lowest BCUT2D eigenvalue weighted by Crippen LogP contribution is -2.14. The molecule has 0 aliphatic rings. The minimum absolute atomic E-state index is 0.453. The summed E-state index contributed by atoms with van der Waals surface area (Å²) in [4.78, 5) is 11.0. The minimum atomic E-state index is -1.07. The van der Waals surface area contributed by atoms with E-state index in [0.29, 0.717) is 21.5 Å². The molecule has 0 heterocycles. The van der Waals surface area contributed by atoms with Crippen molar-refractivity contribution in [2.75, 3.05) is 21.3 Å². The summed E-state index contributed by atoms with van der Waals surface area (Å²) in [5, 5.41) is 9.02. The Labute approximate surface area is 107 Å². The first-order valence-electron chi connectivity index (χ1n) is 4.72. The summed E-state index contributed by atoms with van der Waals surface area (Å²) in [6, 6.07) is 3.22. The zero-order chi connectivity index (χ0) is 13.0. The summed E-state index contributed by atoms with van der Waals surface area (Å²) in [6.07, 6.45) is -1.05. The molecule has 1 N–H and O–H groups in total. The Hall–Kier alpha value is -1.27. The summed E-state index contributed by atoms with van der Waals surface area (Å²) in [5.41, 5.74) is 0.470. The molecule has 6 heteroatoms. The van der Waals surface area contributed by atoms with Gasteiger partial charge in [0, 0.05) is 17.1 Å². The van der Waals surface area contributed by atoms with E-state index >= 15 is 0 Å². The van der Waals surface area contributed by atoms with Gasteiger partial charge < -0.3 is 19.3 Å². The molecule has 1 atom stereocenters. The molecule has 0 amide bonds. The molecule has 1 rings (SSSR count). The van der Waals surface area contributed by atoms with Crippen molar-refractivity contribution in [3.63, 3.8) is 0 Å². The van der Waals surface area contributed by atoms with Crippen LogP contribution in [0.2, 0.25) is 0 Å². The number of hydrogen-bond donors (Lipinski definition) is 1. The van der Waals surface area contributed by atoms with E-state index in [9.17, 15) is 4.79 Å². The maximum absolute atomic E-state index is 11.0. The van der Waals surface area contributed by atoms with Crippen LogP contribution in [0.15, 0.2) is 16.6 Å². The number of carbonyl (C=O) groups is 1. The second-order valence-corrected chi connectivity index (χ2v) is 4.04. The number of rotatable bonds is 5. The molecule has 0 aromatic heterocycles. The monoisotopic (exact) mass is 304 g/mol. The number of ether oxygens (including phenoxy) is 3. The van der Waals surface area contributed by atoms with Crippen LogP contribution in [0, 0.1) is 0 Å². The van der Waals surface area contributed by atoms with E-state index in [-0.39, 0.29) is 0 Å². The van der Waals surface area contributed by atoms with Crippen LogP contribution in [0.3, 0.4) is 0 Å². The third kappa shape index (κ3) is 2.89. The molecule has 1 aromatic carbocycles. The lowest BCUT2D eigenvalue weighted by molar-refractivity contribution is -0.148. The quantitative estimate of drug-likeness (QED) is 0.904. The van der Waals surface area contributed by atoms with Gasteiger partial charge in [-0.1, -0.05) is 15.9 Å². The van der Waals surface area contributed by atoms with E-state index in [0.717, 1.165) is 0 Å². The normalized spacial score (nSPS) is 12.0. The largest absolute Gasteiger partial charge is 0.493 e. The number of benzene rings is 1. The van der Waals surface area contributed by atoms with Crippen LogP contribution in [-0.4, -0.2) is 32.4 Å². The van der Waals surface area contributed by atoms with Crippen LogP contribution in [0.1, 0.15) is 11.7 Å². The van der Waals surface area contributed by atoms with E-state index in [4.69, 9.17) is 19.3 Å². The molecule has 1 unspecified atom stereocenters. The van der Waals surface area contributed by atoms with Crippen LogP contribution in [-0.2, 0) is 9.53 Å². The van der Waals surface area contributed by atoms with Crippen LogP contribution in [0.5, 0.6) is 11.5 Å². The van der Waals surface area contributed by atoms with Crippen LogP contribution in [0.4, 0.5) is 0 Å². The summed E-state index contributed by atoms with van der Waals surface area (Å²) >= 11 is 3.28. The lowest BCUT2D eigenvalue weighted by Gasteiger charge is -2.16. The Morgan fingerprint density at radius 2 is 1.76 bits per heavy atom. The number of aliphatic carboxylic acids is 1. The maximum Gasteiger partial charge on any atom is 0.337 e. The summed E-state index contributed by atoms with van der Waals surface area (Å²) in [6.45, 7) is 0. The third-order valence-electron chi connectivity index (χ3n) is 2.25. The van der Waals surface area contributed by atoms with Crippen LogP contribution >= 0.6 is 15.9 Å². The molecule has 0 aliphatic heterocycles. The molecule has 94 valence electrons. The maximum atomic E-state index is 11.0. The lowest BCUT2D eigenvalue weighted by atomic mass is 10.1. The molecule has 0 aliphatic carbocycles. The van der Waals surface area contributed by atoms with Gasteiger partial charge in [-0.25, -0.2) is 4.79 Å². The molecule has 0 fully saturated rings. The summed E-state index contributed by atoms with van der Waals surface area (Å²) in [7, 11) is 4.33. The second-order valence-electron chi connectivity index (χ2n) is 3.18. The van der Waals surface area contributed by atoms with Gasteiger partial charge in [0.05, 0.1) is 14.2 Å². The van der Waals surface area contributed by atoms with Crippen LogP contribution in [0.25, 0.3) is 0 Å². The minimum Gasteiger partial charge on any atom is -0.493 e. The van der Waals surface area contributed by atoms with Gasteiger partial charge in [0.25, 0.3) is 0 Å². The Morgan fingerprint density at radius 1 is 1.24 bits per heavy atom. The van der Waals surface area contributed by atoms with Gasteiger partial charge >= 0.3 is 5.97 Å². The number of carboxylic acids is 1. The van der Waals surface area contributed by atoms with Crippen molar-refractivity contribution in [2.24, 2.45) is 0 Å². The first kappa shape index (κ1) is 13.8. The zero-order valence-electron chi connectivity index (χ0n) is 9.69. The Bertz CT molecular complexity index is 419. The van der Waals surface area contributed by atoms with Crippen molar-refractivity contribution in [1.29, 1.82) is 0 Å². The van der Waals surface area contributed by atoms with Gasteiger partial charge in [0.2, 0.25) is 0 Å². The molecule has 0 saturated heterocycles. The zero-order valence-corrected chi connectivity index (χ0v) is 11.3.